The zero-order valence-electron chi connectivity index (χ0n) is 24.7. The van der Waals surface area contributed by atoms with Gasteiger partial charge >= 0.3 is 11.9 Å². The SMILES string of the molecule is Cc1cc(SCC2=C(C(=O)O)N3C(=O)[C@@H](NC(=O)/C(=N/OCc4ncc(O)c(=O)[nH]4)c4csc(N)n4)[C@H]3SC2)n2nc(C(=O)NO)nc2n1. The van der Waals surface area contributed by atoms with E-state index in [2.05, 4.69) is 40.5 Å². The van der Waals surface area contributed by atoms with Gasteiger partial charge in [-0.3, -0.25) is 29.3 Å². The molecular weight excluding hydrogens is 709 g/mol. The predicted molar refractivity (Wildman–Crippen MR) is 170 cm³/mol. The van der Waals surface area contributed by atoms with E-state index in [1.165, 1.54) is 38.9 Å². The molecule has 4 aromatic rings. The highest BCUT2D eigenvalue weighted by molar-refractivity contribution is 8.01. The number of oxime groups is 1. The number of β-lactam (4-membered cyclic amide) rings is 1. The fraction of sp³-hybridized carbons (Fsp3) is 0.240. The summed E-state index contributed by atoms with van der Waals surface area (Å²) in [5.74, 6) is -4.34. The van der Waals surface area contributed by atoms with Crippen molar-refractivity contribution < 1.29 is 39.4 Å². The van der Waals surface area contributed by atoms with Gasteiger partial charge in [-0.1, -0.05) is 5.16 Å². The third kappa shape index (κ3) is 6.60. The summed E-state index contributed by atoms with van der Waals surface area (Å²) in [7, 11) is 0. The lowest BCUT2D eigenvalue weighted by Gasteiger charge is -2.49. The number of thiazole rings is 1. The van der Waals surface area contributed by atoms with Crippen LogP contribution in [0.5, 0.6) is 5.75 Å². The number of nitrogens with zero attached hydrogens (tertiary/aromatic N) is 8. The first-order valence-corrected chi connectivity index (χ1v) is 16.6. The molecule has 0 aliphatic carbocycles. The minimum atomic E-state index is -1.34. The molecule has 1 saturated heterocycles. The molecule has 8 N–H and O–H groups in total. The Hall–Kier alpha value is -5.59. The van der Waals surface area contributed by atoms with E-state index in [4.69, 9.17) is 15.8 Å². The predicted octanol–water partition coefficient (Wildman–Crippen LogP) is -1.17. The van der Waals surface area contributed by atoms with Crippen LogP contribution >= 0.6 is 34.9 Å². The number of rotatable bonds is 11. The number of hydrogen-bond donors (Lipinski definition) is 7. The Kier molecular flexibility index (Phi) is 9.18. The summed E-state index contributed by atoms with van der Waals surface area (Å²) in [6.45, 7) is 1.30. The van der Waals surface area contributed by atoms with E-state index in [0.717, 1.165) is 22.4 Å². The fourth-order valence-electron chi connectivity index (χ4n) is 4.63. The second kappa shape index (κ2) is 13.5. The summed E-state index contributed by atoms with van der Waals surface area (Å²) in [5, 5.41) is 40.2. The molecule has 0 unspecified atom stereocenters. The van der Waals surface area contributed by atoms with E-state index in [-0.39, 0.29) is 51.2 Å². The first-order valence-electron chi connectivity index (χ1n) is 13.7. The highest BCUT2D eigenvalue weighted by Gasteiger charge is 2.54. The molecule has 6 heterocycles. The van der Waals surface area contributed by atoms with Crippen LogP contribution in [0.4, 0.5) is 5.13 Å². The van der Waals surface area contributed by atoms with Crippen molar-refractivity contribution in [2.24, 2.45) is 5.16 Å². The van der Waals surface area contributed by atoms with Crippen LogP contribution in [0.3, 0.4) is 0 Å². The van der Waals surface area contributed by atoms with Crippen LogP contribution in [0, 0.1) is 6.92 Å². The molecule has 0 spiro atoms. The number of hydroxylamine groups is 1. The van der Waals surface area contributed by atoms with E-state index >= 15 is 0 Å². The van der Waals surface area contributed by atoms with Gasteiger partial charge < -0.3 is 31.1 Å². The fourth-order valence-corrected chi connectivity index (χ4v) is 7.71. The minimum Gasteiger partial charge on any atom is -0.502 e. The number of fused-ring (bicyclic) bond motifs is 2. The zero-order chi connectivity index (χ0) is 35.0. The highest BCUT2D eigenvalue weighted by Crippen LogP contribution is 2.41. The molecule has 0 radical (unpaired) electrons. The number of aromatic amines is 1. The van der Waals surface area contributed by atoms with Gasteiger partial charge in [0.25, 0.3) is 23.2 Å². The zero-order valence-corrected chi connectivity index (χ0v) is 27.1. The van der Waals surface area contributed by atoms with Crippen molar-refractivity contribution in [3.05, 3.63) is 62.3 Å². The van der Waals surface area contributed by atoms with Gasteiger partial charge in [0.1, 0.15) is 33.7 Å². The van der Waals surface area contributed by atoms with Gasteiger partial charge in [0.2, 0.25) is 5.82 Å². The van der Waals surface area contributed by atoms with Crippen LogP contribution in [-0.2, 0) is 25.8 Å². The molecular formula is C25H22N12O9S3. The van der Waals surface area contributed by atoms with Crippen LogP contribution < -0.4 is 22.1 Å². The summed E-state index contributed by atoms with van der Waals surface area (Å²) in [6, 6.07) is 0.540. The smallest absolute Gasteiger partial charge is 0.352 e. The number of thioether (sulfide) groups is 2. The monoisotopic (exact) mass is 730 g/mol. The van der Waals surface area contributed by atoms with Gasteiger partial charge in [-0.05, 0) is 18.6 Å². The Balaban J connectivity index is 1.18. The van der Waals surface area contributed by atoms with Crippen molar-refractivity contribution in [1.82, 2.24) is 50.2 Å². The van der Waals surface area contributed by atoms with Gasteiger partial charge in [-0.25, -0.2) is 25.2 Å². The van der Waals surface area contributed by atoms with Gasteiger partial charge in [0.05, 0.1) is 6.20 Å². The van der Waals surface area contributed by atoms with Gasteiger partial charge in [0.15, 0.2) is 23.2 Å². The molecule has 3 amide bonds. The number of carboxylic acids is 1. The van der Waals surface area contributed by atoms with Crippen molar-refractivity contribution in [3.8, 4) is 5.75 Å². The summed E-state index contributed by atoms with van der Waals surface area (Å²) in [5.41, 5.74) is 6.80. The first kappa shape index (κ1) is 33.3. The van der Waals surface area contributed by atoms with Crippen molar-refractivity contribution in [2.45, 2.75) is 30.0 Å². The molecule has 254 valence electrons. The molecule has 49 heavy (non-hydrogen) atoms. The average Bonchev–Trinajstić information content (AvgIpc) is 3.71. The maximum Gasteiger partial charge on any atom is 0.352 e. The third-order valence-corrected chi connectivity index (χ3v) is 9.91. The van der Waals surface area contributed by atoms with Crippen molar-refractivity contribution >= 4 is 75.2 Å². The lowest BCUT2D eigenvalue weighted by Crippen LogP contribution is -2.71. The average molecular weight is 731 g/mol. The number of aromatic nitrogens is 7. The van der Waals surface area contributed by atoms with Crippen LogP contribution in [0.2, 0.25) is 0 Å². The Bertz CT molecular complexity index is 2150. The number of aliphatic carboxylic acids is 1. The molecule has 2 atom stereocenters. The molecule has 24 heteroatoms. The Morgan fingerprint density at radius 2 is 2.06 bits per heavy atom. The maximum absolute atomic E-state index is 13.4. The van der Waals surface area contributed by atoms with Crippen LogP contribution in [0.25, 0.3) is 5.78 Å². The van der Waals surface area contributed by atoms with E-state index in [9.17, 15) is 34.2 Å². The molecule has 1 fully saturated rings. The van der Waals surface area contributed by atoms with Crippen LogP contribution in [-0.4, -0.2) is 107 Å². The Morgan fingerprint density at radius 1 is 1.27 bits per heavy atom. The summed E-state index contributed by atoms with van der Waals surface area (Å²) < 4.78 is 1.28. The lowest BCUT2D eigenvalue weighted by atomic mass is 10.0. The van der Waals surface area contributed by atoms with Crippen molar-refractivity contribution in [1.29, 1.82) is 0 Å². The maximum atomic E-state index is 13.4. The number of aryl methyl sites for hydroxylation is 1. The number of carboxylic acid groups (broad SMARTS) is 1. The van der Waals surface area contributed by atoms with E-state index in [1.807, 2.05) is 0 Å². The Labute approximate surface area is 284 Å². The summed E-state index contributed by atoms with van der Waals surface area (Å²) in [6.07, 6.45) is 0.919. The van der Waals surface area contributed by atoms with Gasteiger partial charge in [-0.15, -0.1) is 40.0 Å². The summed E-state index contributed by atoms with van der Waals surface area (Å²) in [4.78, 5) is 87.2. The highest BCUT2D eigenvalue weighted by atomic mass is 32.2. The number of hydrogen-bond acceptors (Lipinski definition) is 18. The molecule has 2 aliphatic heterocycles. The largest absolute Gasteiger partial charge is 0.502 e. The number of nitrogens with two attached hydrogens (primary N) is 1. The Morgan fingerprint density at radius 3 is 2.76 bits per heavy atom. The van der Waals surface area contributed by atoms with E-state index in [1.54, 1.807) is 13.0 Å². The molecule has 6 rings (SSSR count). The second-order valence-electron chi connectivity index (χ2n) is 10.1. The number of anilines is 1. The van der Waals surface area contributed by atoms with Crippen molar-refractivity contribution in [3.63, 3.8) is 0 Å². The molecule has 0 aromatic carbocycles. The first-order chi connectivity index (χ1) is 23.4. The van der Waals surface area contributed by atoms with Crippen LogP contribution in [0.15, 0.2) is 43.9 Å². The number of nitrogens with one attached hydrogen (secondary N) is 3. The molecule has 0 bridgehead atoms. The number of nitrogen functional groups attached to an aromatic ring is 1. The van der Waals surface area contributed by atoms with Crippen molar-refractivity contribution in [2.75, 3.05) is 17.2 Å². The number of carbonyl (C=O) groups excluding carboxylic acids is 3. The van der Waals surface area contributed by atoms with Gasteiger partial charge in [0, 0.05) is 22.6 Å². The summed E-state index contributed by atoms with van der Waals surface area (Å²) >= 11 is 3.44. The molecule has 2 aliphatic rings. The normalized spacial score (nSPS) is 17.5. The number of H-pyrrole nitrogens is 1. The number of aromatic hydroxyl groups is 1. The topological polar surface area (TPSA) is 306 Å². The molecule has 21 nitrogen and oxygen atoms in total. The van der Waals surface area contributed by atoms with E-state index in [0.29, 0.717) is 16.3 Å². The molecule has 4 aromatic heterocycles. The lowest BCUT2D eigenvalue weighted by molar-refractivity contribution is -0.150. The van der Waals surface area contributed by atoms with E-state index < -0.39 is 53.0 Å². The minimum absolute atomic E-state index is 0.00176. The second-order valence-corrected chi connectivity index (χ2v) is 13.0. The quantitative estimate of drug-likeness (QED) is 0.0239. The number of carbonyl (C=O) groups is 4. The molecule has 0 saturated carbocycles. The number of amides is 3. The van der Waals surface area contributed by atoms with Crippen LogP contribution in [0.1, 0.15) is 27.8 Å². The third-order valence-electron chi connectivity index (χ3n) is 6.81. The standard InChI is InChI=1S/C25H22N12O9S3/c1-8-2-13(37-25(28-8)32-17(33-37)20(41)34-45)47-5-9-6-48-22-15(21(42)36(22)16(9)23(43)44)31-19(40)14(10-7-49-24(26)29-10)35-46-4-12-27-3-11(38)18(39)30-12/h2-3,7,15,22,38,45H,4-6H2,1H3,(H2,26,29)(H,31,40)(H,34,41)(H,43,44)(H,27,30,39)/b35-14+/t15-,22-/m1/s1. The van der Waals surface area contributed by atoms with Gasteiger partial charge in [-0.2, -0.15) is 9.50 Å².